The molecule has 0 radical (unpaired) electrons. The third-order valence-electron chi connectivity index (χ3n) is 4.42. The van der Waals surface area contributed by atoms with Crippen molar-refractivity contribution < 1.29 is 9.59 Å². The molecule has 1 unspecified atom stereocenters. The van der Waals surface area contributed by atoms with Gasteiger partial charge in [-0.05, 0) is 37.5 Å². The molecule has 22 heavy (non-hydrogen) atoms. The van der Waals surface area contributed by atoms with Crippen molar-refractivity contribution in [1.82, 2.24) is 5.32 Å². The Hall–Kier alpha value is -1.49. The molecule has 2 amide bonds. The summed E-state index contributed by atoms with van der Waals surface area (Å²) in [5.41, 5.74) is 1.89. The van der Waals surface area contributed by atoms with Crippen LogP contribution in [0.25, 0.3) is 0 Å². The molecule has 1 aromatic carbocycles. The smallest absolute Gasteiger partial charge is 0.237 e. The van der Waals surface area contributed by atoms with E-state index in [1.807, 2.05) is 25.1 Å². The van der Waals surface area contributed by atoms with Gasteiger partial charge < -0.3 is 10.6 Å². The first-order valence-corrected chi connectivity index (χ1v) is 8.89. The summed E-state index contributed by atoms with van der Waals surface area (Å²) < 4.78 is 0. The minimum Gasteiger partial charge on any atom is -0.352 e. The highest BCUT2D eigenvalue weighted by molar-refractivity contribution is 8.00. The van der Waals surface area contributed by atoms with Gasteiger partial charge in [-0.25, -0.2) is 0 Å². The second-order valence-electron chi connectivity index (χ2n) is 6.13. The van der Waals surface area contributed by atoms with E-state index in [-0.39, 0.29) is 23.0 Å². The normalized spacial score (nSPS) is 21.9. The Morgan fingerprint density at radius 2 is 2.09 bits per heavy atom. The number of amides is 2. The van der Waals surface area contributed by atoms with Crippen LogP contribution in [0.5, 0.6) is 0 Å². The highest BCUT2D eigenvalue weighted by Gasteiger charge is 2.23. The second kappa shape index (κ2) is 6.73. The fraction of sp³-hybridized carbons (Fsp3) is 0.529. The lowest BCUT2D eigenvalue weighted by molar-refractivity contribution is -0.126. The molecule has 1 fully saturated rings. The minimum absolute atomic E-state index is 0.0425. The van der Waals surface area contributed by atoms with Gasteiger partial charge >= 0.3 is 0 Å². The van der Waals surface area contributed by atoms with Crippen LogP contribution in [-0.2, 0) is 16.1 Å². The Morgan fingerprint density at radius 1 is 1.32 bits per heavy atom. The number of thioether (sulfide) groups is 1. The maximum atomic E-state index is 12.2. The molecule has 1 aliphatic heterocycles. The molecule has 118 valence electrons. The molecule has 1 atom stereocenters. The number of benzene rings is 1. The Kier molecular flexibility index (Phi) is 4.71. The van der Waals surface area contributed by atoms with E-state index in [1.165, 1.54) is 19.3 Å². The van der Waals surface area contributed by atoms with Gasteiger partial charge in [0, 0.05) is 17.4 Å². The first kappa shape index (κ1) is 15.4. The van der Waals surface area contributed by atoms with Gasteiger partial charge in [0.05, 0.1) is 10.9 Å². The molecular weight excluding hydrogens is 296 g/mol. The van der Waals surface area contributed by atoms with E-state index in [0.29, 0.717) is 6.54 Å². The predicted octanol–water partition coefficient (Wildman–Crippen LogP) is 3.32. The lowest BCUT2D eigenvalue weighted by Gasteiger charge is -2.23. The van der Waals surface area contributed by atoms with E-state index in [2.05, 4.69) is 10.6 Å². The van der Waals surface area contributed by atoms with Gasteiger partial charge in [0.25, 0.3) is 0 Å². The number of hydrogen-bond acceptors (Lipinski definition) is 3. The largest absolute Gasteiger partial charge is 0.352 e. The Bertz CT molecular complexity index is 582. The average molecular weight is 318 g/mol. The predicted molar refractivity (Wildman–Crippen MR) is 88.8 cm³/mol. The van der Waals surface area contributed by atoms with Gasteiger partial charge in [-0.15, -0.1) is 11.8 Å². The fourth-order valence-electron chi connectivity index (χ4n) is 3.06. The standard InChI is InChI=1S/C17H22N2O2S/c1-11-16(20)19-14-9-12(7-8-15(14)22-11)10-18-17(21)13-5-3-2-4-6-13/h7-9,11,13H,2-6,10H2,1H3,(H,18,21)(H,19,20). The quantitative estimate of drug-likeness (QED) is 0.899. The number of carbonyl (C=O) groups excluding carboxylic acids is 2. The summed E-state index contributed by atoms with van der Waals surface area (Å²) in [6, 6.07) is 6.02. The van der Waals surface area contributed by atoms with E-state index in [4.69, 9.17) is 0 Å². The SMILES string of the molecule is CC1Sc2ccc(CNC(=O)C3CCCCC3)cc2NC1=O. The molecule has 0 aromatic heterocycles. The first-order valence-electron chi connectivity index (χ1n) is 8.01. The maximum Gasteiger partial charge on any atom is 0.237 e. The molecule has 0 saturated heterocycles. The molecule has 4 nitrogen and oxygen atoms in total. The third-order valence-corrected chi connectivity index (χ3v) is 5.60. The Morgan fingerprint density at radius 3 is 2.86 bits per heavy atom. The van der Waals surface area contributed by atoms with Crippen LogP contribution in [0, 0.1) is 5.92 Å². The molecular formula is C17H22N2O2S. The van der Waals surface area contributed by atoms with Crippen LogP contribution in [-0.4, -0.2) is 17.1 Å². The molecule has 5 heteroatoms. The van der Waals surface area contributed by atoms with Crippen LogP contribution >= 0.6 is 11.8 Å². The van der Waals surface area contributed by atoms with Crippen molar-refractivity contribution in [2.45, 2.75) is 55.7 Å². The summed E-state index contributed by atoms with van der Waals surface area (Å²) in [5, 5.41) is 5.91. The topological polar surface area (TPSA) is 58.2 Å². The highest BCUT2D eigenvalue weighted by atomic mass is 32.2. The lowest BCUT2D eigenvalue weighted by atomic mass is 9.88. The number of rotatable bonds is 3. The minimum atomic E-state index is -0.0515. The molecule has 3 rings (SSSR count). The van der Waals surface area contributed by atoms with E-state index in [0.717, 1.165) is 29.0 Å². The molecule has 0 bridgehead atoms. The van der Waals surface area contributed by atoms with Gasteiger partial charge in [-0.1, -0.05) is 25.3 Å². The number of carbonyl (C=O) groups is 2. The zero-order chi connectivity index (χ0) is 15.5. The summed E-state index contributed by atoms with van der Waals surface area (Å²) in [6.07, 6.45) is 5.61. The molecule has 1 aliphatic carbocycles. The van der Waals surface area contributed by atoms with Gasteiger partial charge in [0.15, 0.2) is 0 Å². The number of fused-ring (bicyclic) bond motifs is 1. The van der Waals surface area contributed by atoms with E-state index in [1.54, 1.807) is 11.8 Å². The average Bonchev–Trinajstić information content (AvgIpc) is 2.54. The van der Waals surface area contributed by atoms with Crippen LogP contribution in [0.1, 0.15) is 44.6 Å². The molecule has 1 heterocycles. The van der Waals surface area contributed by atoms with Crippen LogP contribution in [0.2, 0.25) is 0 Å². The number of hydrogen-bond donors (Lipinski definition) is 2. The Labute approximate surface area is 135 Å². The lowest BCUT2D eigenvalue weighted by Crippen LogP contribution is -2.31. The van der Waals surface area contributed by atoms with E-state index >= 15 is 0 Å². The van der Waals surface area contributed by atoms with Crippen LogP contribution in [0.3, 0.4) is 0 Å². The molecule has 2 aliphatic rings. The summed E-state index contributed by atoms with van der Waals surface area (Å²) in [5.74, 6) is 0.396. The fourth-order valence-corrected chi connectivity index (χ4v) is 3.99. The summed E-state index contributed by atoms with van der Waals surface area (Å²) in [7, 11) is 0. The number of nitrogens with one attached hydrogen (secondary N) is 2. The van der Waals surface area contributed by atoms with E-state index in [9.17, 15) is 9.59 Å². The summed E-state index contributed by atoms with van der Waals surface area (Å²) >= 11 is 1.58. The molecule has 1 aromatic rings. The van der Waals surface area contributed by atoms with Crippen molar-refractivity contribution in [1.29, 1.82) is 0 Å². The summed E-state index contributed by atoms with van der Waals surface area (Å²) in [6.45, 7) is 2.43. The zero-order valence-electron chi connectivity index (χ0n) is 12.9. The van der Waals surface area contributed by atoms with Gasteiger partial charge in [-0.2, -0.15) is 0 Å². The van der Waals surface area contributed by atoms with Crippen LogP contribution < -0.4 is 10.6 Å². The first-order chi connectivity index (χ1) is 10.6. The molecule has 1 saturated carbocycles. The Balaban J connectivity index is 1.60. The van der Waals surface area contributed by atoms with E-state index < -0.39 is 0 Å². The summed E-state index contributed by atoms with van der Waals surface area (Å²) in [4.78, 5) is 25.0. The number of anilines is 1. The van der Waals surface area contributed by atoms with Crippen molar-refractivity contribution in [3.05, 3.63) is 23.8 Å². The van der Waals surface area contributed by atoms with Crippen LogP contribution in [0.15, 0.2) is 23.1 Å². The maximum absolute atomic E-state index is 12.2. The monoisotopic (exact) mass is 318 g/mol. The van der Waals surface area contributed by atoms with Crippen molar-refractivity contribution in [2.75, 3.05) is 5.32 Å². The van der Waals surface area contributed by atoms with Gasteiger partial charge in [-0.3, -0.25) is 9.59 Å². The van der Waals surface area contributed by atoms with Gasteiger partial charge in [0.2, 0.25) is 11.8 Å². The highest BCUT2D eigenvalue weighted by Crippen LogP contribution is 2.35. The van der Waals surface area contributed by atoms with Crippen molar-refractivity contribution in [3.8, 4) is 0 Å². The van der Waals surface area contributed by atoms with Crippen molar-refractivity contribution in [2.24, 2.45) is 5.92 Å². The second-order valence-corrected chi connectivity index (χ2v) is 7.52. The van der Waals surface area contributed by atoms with Gasteiger partial charge in [0.1, 0.15) is 0 Å². The van der Waals surface area contributed by atoms with Crippen molar-refractivity contribution in [3.63, 3.8) is 0 Å². The van der Waals surface area contributed by atoms with Crippen LogP contribution in [0.4, 0.5) is 5.69 Å². The molecule has 0 spiro atoms. The van der Waals surface area contributed by atoms with Crippen molar-refractivity contribution >= 4 is 29.3 Å². The zero-order valence-corrected chi connectivity index (χ0v) is 13.7. The third kappa shape index (κ3) is 3.46. The molecule has 2 N–H and O–H groups in total.